The Bertz CT molecular complexity index is 976. The van der Waals surface area contributed by atoms with Crippen LogP contribution in [0.3, 0.4) is 0 Å². The zero-order valence-electron chi connectivity index (χ0n) is 23.7. The summed E-state index contributed by atoms with van der Waals surface area (Å²) in [6.45, 7) is 17.9. The van der Waals surface area contributed by atoms with Crippen molar-refractivity contribution in [1.29, 1.82) is 0 Å². The van der Waals surface area contributed by atoms with E-state index < -0.39 is 8.80 Å². The molecule has 0 aliphatic rings. The van der Waals surface area contributed by atoms with Crippen molar-refractivity contribution in [1.82, 2.24) is 0 Å². The minimum atomic E-state index is -1.10. The highest BCUT2D eigenvalue weighted by molar-refractivity contribution is 6.60. The van der Waals surface area contributed by atoms with Crippen molar-refractivity contribution in [2.45, 2.75) is 85.2 Å². The quantitative estimate of drug-likeness (QED) is 0.306. The molecule has 200 valence electrons. The van der Waals surface area contributed by atoms with E-state index in [0.29, 0.717) is 30.9 Å². The maximum Gasteiger partial charge on any atom is 0.140 e. The summed E-state index contributed by atoms with van der Waals surface area (Å²) in [5.41, 5.74) is 4.91. The zero-order valence-corrected chi connectivity index (χ0v) is 24.8. The van der Waals surface area contributed by atoms with Crippen molar-refractivity contribution in [2.24, 2.45) is 11.8 Å². The molecule has 2 unspecified atom stereocenters. The van der Waals surface area contributed by atoms with Crippen molar-refractivity contribution in [3.05, 3.63) is 70.0 Å². The van der Waals surface area contributed by atoms with Crippen LogP contribution in [-0.4, -0.2) is 39.1 Å². The molecule has 2 rings (SSSR count). The monoisotopic (exact) mass is 514 g/mol. The van der Waals surface area contributed by atoms with Crippen molar-refractivity contribution in [3.63, 3.8) is 0 Å². The molecule has 0 fully saturated rings. The molecule has 3 nitrogen and oxygen atoms in total. The van der Waals surface area contributed by atoms with E-state index in [-0.39, 0.29) is 41.5 Å². The average Bonchev–Trinajstić information content (AvgIpc) is 2.80. The largest absolute Gasteiger partial charge is 0.396 e. The summed E-state index contributed by atoms with van der Waals surface area (Å²) in [6, 6.07) is 11.3. The van der Waals surface area contributed by atoms with Crippen LogP contribution in [0.4, 0.5) is 4.39 Å². The Morgan fingerprint density at radius 1 is 1.08 bits per heavy atom. The molecule has 0 bridgehead atoms. The number of benzene rings is 2. The Kier molecular flexibility index (Phi) is 11.5. The van der Waals surface area contributed by atoms with E-state index in [4.69, 9.17) is 4.74 Å². The van der Waals surface area contributed by atoms with E-state index in [1.807, 2.05) is 19.9 Å². The van der Waals surface area contributed by atoms with Gasteiger partial charge in [-0.1, -0.05) is 78.4 Å². The number of carbonyl (C=O) groups excluding carboxylic acids is 1. The van der Waals surface area contributed by atoms with E-state index in [1.54, 1.807) is 6.07 Å². The van der Waals surface area contributed by atoms with Gasteiger partial charge in [0.2, 0.25) is 0 Å². The highest BCUT2D eigenvalue weighted by atomic mass is 28.3. The number of Topliss-reactive ketones (excluding diaryl/α,β-unsaturated/α-hetero) is 1. The Balaban J connectivity index is 2.35. The zero-order chi connectivity index (χ0) is 27.0. The molecule has 0 saturated heterocycles. The first-order valence-electron chi connectivity index (χ1n) is 13.4. The highest BCUT2D eigenvalue weighted by Gasteiger charge is 2.29. The fourth-order valence-electron chi connectivity index (χ4n) is 4.58. The number of aryl methyl sites for hydroxylation is 1. The van der Waals surface area contributed by atoms with Gasteiger partial charge in [-0.05, 0) is 70.5 Å². The summed E-state index contributed by atoms with van der Waals surface area (Å²) < 4.78 is 20.8. The number of hydrogen-bond donors (Lipinski definition) is 1. The summed E-state index contributed by atoms with van der Waals surface area (Å²) in [5.74, 6) is -0.242. The lowest BCUT2D eigenvalue weighted by molar-refractivity contribution is -0.124. The number of ketones is 1. The van der Waals surface area contributed by atoms with E-state index in [0.717, 1.165) is 17.4 Å². The number of ether oxygens (including phenoxy) is 1. The first kappa shape index (κ1) is 30.4. The number of carbonyl (C=O) groups is 1. The van der Waals surface area contributed by atoms with Gasteiger partial charge in [0.25, 0.3) is 0 Å². The average molecular weight is 515 g/mol. The number of aliphatic hydroxyl groups excluding tert-OH is 1. The van der Waals surface area contributed by atoms with Crippen LogP contribution in [0.5, 0.6) is 0 Å². The van der Waals surface area contributed by atoms with Crippen LogP contribution in [0.2, 0.25) is 11.6 Å². The minimum absolute atomic E-state index is 0.0249. The molecule has 1 N–H and O–H groups in total. The van der Waals surface area contributed by atoms with Crippen molar-refractivity contribution in [3.8, 4) is 0 Å². The van der Waals surface area contributed by atoms with Crippen LogP contribution in [0.25, 0.3) is 0 Å². The minimum Gasteiger partial charge on any atom is -0.396 e. The second-order valence-corrected chi connectivity index (χ2v) is 15.7. The number of hydrogen-bond acceptors (Lipinski definition) is 3. The van der Waals surface area contributed by atoms with Crippen molar-refractivity contribution in [2.75, 3.05) is 19.4 Å². The van der Waals surface area contributed by atoms with E-state index in [2.05, 4.69) is 59.4 Å². The van der Waals surface area contributed by atoms with Gasteiger partial charge in [-0.25, -0.2) is 4.39 Å². The second-order valence-electron chi connectivity index (χ2n) is 11.8. The molecule has 36 heavy (non-hydrogen) atoms. The van der Waals surface area contributed by atoms with Crippen molar-refractivity contribution >= 4 is 14.6 Å². The molecule has 2 aromatic carbocycles. The number of halogens is 1. The maximum atomic E-state index is 14.5. The molecule has 0 aliphatic carbocycles. The van der Waals surface area contributed by atoms with Crippen LogP contribution in [0.15, 0.2) is 36.4 Å². The Hall–Kier alpha value is -1.82. The van der Waals surface area contributed by atoms with Crippen LogP contribution in [-0.2, 0) is 28.8 Å². The summed E-state index contributed by atoms with van der Waals surface area (Å²) >= 11 is 0. The molecule has 0 heterocycles. The number of rotatable bonds is 13. The number of aliphatic hydroxyl groups is 1. The molecular weight excluding hydrogens is 467 g/mol. The standard InChI is InChI=1S/C31H47FO3Si/c1-21(2)26-13-10-12-24(15-16-33)28(26)17-25(19-35-20-36(8)31(5,6)7)23(4)30(34)18-27-22(3)11-9-14-29(27)32/h9-14,21,23,25,33,36H,15-20H2,1-8H3/t23?,25-,36?/m1/s1. The molecule has 0 spiro atoms. The van der Waals surface area contributed by atoms with Crippen LogP contribution in [0, 0.1) is 24.6 Å². The topological polar surface area (TPSA) is 46.5 Å². The fourth-order valence-corrected chi connectivity index (χ4v) is 5.57. The van der Waals surface area contributed by atoms with Gasteiger partial charge in [-0.3, -0.25) is 4.79 Å². The van der Waals surface area contributed by atoms with Gasteiger partial charge in [-0.15, -0.1) is 0 Å². The third kappa shape index (κ3) is 8.36. The summed E-state index contributed by atoms with van der Waals surface area (Å²) in [7, 11) is -1.10. The first-order chi connectivity index (χ1) is 16.9. The first-order valence-corrected chi connectivity index (χ1v) is 16.0. The molecular formula is C31H47FO3Si. The van der Waals surface area contributed by atoms with Gasteiger partial charge < -0.3 is 9.84 Å². The predicted molar refractivity (Wildman–Crippen MR) is 151 cm³/mol. The van der Waals surface area contributed by atoms with E-state index in [9.17, 15) is 14.3 Å². The van der Waals surface area contributed by atoms with Gasteiger partial charge in [0, 0.05) is 31.8 Å². The molecule has 2 aromatic rings. The fraction of sp³-hybridized carbons (Fsp3) is 0.581. The van der Waals surface area contributed by atoms with Gasteiger partial charge in [-0.2, -0.15) is 0 Å². The summed E-state index contributed by atoms with van der Waals surface area (Å²) in [5, 5.41) is 9.97. The Morgan fingerprint density at radius 2 is 1.75 bits per heavy atom. The third-order valence-corrected chi connectivity index (χ3v) is 11.6. The summed E-state index contributed by atoms with van der Waals surface area (Å²) in [4.78, 5) is 13.5. The van der Waals surface area contributed by atoms with Crippen LogP contribution >= 0.6 is 0 Å². The van der Waals surface area contributed by atoms with Gasteiger partial charge in [0.15, 0.2) is 0 Å². The third-order valence-electron chi connectivity index (χ3n) is 7.88. The van der Waals surface area contributed by atoms with Crippen LogP contribution in [0.1, 0.15) is 75.3 Å². The normalized spacial score (nSPS) is 14.6. The van der Waals surface area contributed by atoms with Gasteiger partial charge in [0.05, 0.1) is 8.80 Å². The molecule has 5 heteroatoms. The molecule has 0 radical (unpaired) electrons. The highest BCUT2D eigenvalue weighted by Crippen LogP contribution is 2.31. The lowest BCUT2D eigenvalue weighted by Gasteiger charge is -2.29. The molecule has 0 amide bonds. The van der Waals surface area contributed by atoms with Gasteiger partial charge >= 0.3 is 0 Å². The van der Waals surface area contributed by atoms with E-state index in [1.165, 1.54) is 17.2 Å². The Labute approximate surface area is 220 Å². The maximum absolute atomic E-state index is 14.5. The van der Waals surface area contributed by atoms with Gasteiger partial charge in [0.1, 0.15) is 11.6 Å². The smallest absolute Gasteiger partial charge is 0.140 e. The lowest BCUT2D eigenvalue weighted by Crippen LogP contribution is -2.33. The molecule has 3 atom stereocenters. The van der Waals surface area contributed by atoms with Crippen molar-refractivity contribution < 1.29 is 19.0 Å². The molecule has 0 aliphatic heterocycles. The molecule has 0 aromatic heterocycles. The SMILES string of the molecule is Cc1cccc(F)c1CC(=O)C(C)[C@@H](COC[SiH](C)C(C)(C)C)Cc1c(CCO)cccc1C(C)C. The Morgan fingerprint density at radius 3 is 2.33 bits per heavy atom. The van der Waals surface area contributed by atoms with E-state index >= 15 is 0 Å². The predicted octanol–water partition coefficient (Wildman–Crippen LogP) is 6.61. The summed E-state index contributed by atoms with van der Waals surface area (Å²) in [6.07, 6.45) is 2.16. The molecule has 0 saturated carbocycles. The second kappa shape index (κ2) is 13.6. The van der Waals surface area contributed by atoms with Crippen LogP contribution < -0.4 is 0 Å². The lowest BCUT2D eigenvalue weighted by atomic mass is 9.80.